The fourth-order valence-electron chi connectivity index (χ4n) is 2.59. The van der Waals surface area contributed by atoms with E-state index in [0.717, 1.165) is 17.7 Å². The van der Waals surface area contributed by atoms with Crippen molar-refractivity contribution in [2.75, 3.05) is 5.32 Å². The van der Waals surface area contributed by atoms with Crippen molar-refractivity contribution in [1.29, 1.82) is 0 Å². The number of oxime groups is 1. The fraction of sp³-hybridized carbons (Fsp3) is 0.278. The van der Waals surface area contributed by atoms with Crippen molar-refractivity contribution in [2.24, 2.45) is 5.16 Å². The summed E-state index contributed by atoms with van der Waals surface area (Å²) in [4.78, 5) is 30.7. The third-order valence-corrected chi connectivity index (χ3v) is 5.40. The molecule has 0 spiro atoms. The Labute approximate surface area is 159 Å². The average Bonchev–Trinajstić information content (AvgIpc) is 3.12. The first-order chi connectivity index (χ1) is 12.6. The Hall–Kier alpha value is -2.38. The predicted molar refractivity (Wildman–Crippen MR) is 101 cm³/mol. The van der Waals surface area contributed by atoms with Gasteiger partial charge in [0, 0.05) is 23.7 Å². The molecule has 1 saturated carbocycles. The Morgan fingerprint density at radius 3 is 2.81 bits per heavy atom. The van der Waals surface area contributed by atoms with Gasteiger partial charge in [0.05, 0.1) is 9.21 Å². The summed E-state index contributed by atoms with van der Waals surface area (Å²) in [6.45, 7) is 0. The highest BCUT2D eigenvalue weighted by atomic mass is 35.5. The lowest BCUT2D eigenvalue weighted by atomic mass is 10.1. The minimum Gasteiger partial charge on any atom is -0.382 e. The molecule has 1 aromatic heterocycles. The lowest BCUT2D eigenvalue weighted by Crippen LogP contribution is -2.28. The van der Waals surface area contributed by atoms with E-state index in [1.807, 2.05) is 6.07 Å². The number of halogens is 1. The number of amides is 2. The number of nitrogens with one attached hydrogen (secondary N) is 2. The molecule has 2 aliphatic rings. The number of hydrogen-bond acceptors (Lipinski definition) is 5. The number of carbonyl (C=O) groups excluding carboxylic acids is 2. The first kappa shape index (κ1) is 17.1. The van der Waals surface area contributed by atoms with Crippen molar-refractivity contribution in [3.8, 4) is 0 Å². The van der Waals surface area contributed by atoms with Crippen LogP contribution in [-0.2, 0) is 9.63 Å². The standard InChI is InChI=1S/C18H16ClN3O3S/c19-16-7-6-15(26-16)13-9-14(25-22-13)18(24)21-12-3-1-2-10(8-12)17(23)20-11-4-5-11/h1-3,6-8,11,14H,4-5,9H2,(H,20,23)(H,21,24)/t14-/m0/s1. The second-order valence-corrected chi connectivity index (χ2v) is 7.97. The van der Waals surface area contributed by atoms with Gasteiger partial charge in [-0.1, -0.05) is 22.8 Å². The Bertz CT molecular complexity index is 891. The molecule has 1 aliphatic carbocycles. The summed E-state index contributed by atoms with van der Waals surface area (Å²) >= 11 is 7.33. The van der Waals surface area contributed by atoms with Gasteiger partial charge >= 0.3 is 0 Å². The van der Waals surface area contributed by atoms with Crippen molar-refractivity contribution in [2.45, 2.75) is 31.4 Å². The second kappa shape index (κ2) is 7.09. The largest absolute Gasteiger partial charge is 0.382 e. The number of thiophene rings is 1. The number of nitrogens with zero attached hydrogens (tertiary/aromatic N) is 1. The number of hydrogen-bond donors (Lipinski definition) is 2. The van der Waals surface area contributed by atoms with Crippen LogP contribution in [0.25, 0.3) is 0 Å². The molecule has 2 N–H and O–H groups in total. The van der Waals surface area contributed by atoms with Crippen molar-refractivity contribution in [3.05, 3.63) is 51.2 Å². The molecule has 2 heterocycles. The number of rotatable bonds is 5. The molecule has 4 rings (SSSR count). The highest BCUT2D eigenvalue weighted by Gasteiger charge is 2.30. The molecule has 134 valence electrons. The molecule has 0 bridgehead atoms. The Morgan fingerprint density at radius 2 is 2.08 bits per heavy atom. The maximum Gasteiger partial charge on any atom is 0.268 e. The van der Waals surface area contributed by atoms with Gasteiger partial charge in [0.25, 0.3) is 11.8 Å². The first-order valence-electron chi connectivity index (χ1n) is 8.29. The summed E-state index contributed by atoms with van der Waals surface area (Å²) in [5.74, 6) is -0.424. The van der Waals surface area contributed by atoms with E-state index < -0.39 is 6.10 Å². The molecule has 6 nitrogen and oxygen atoms in total. The third-order valence-electron chi connectivity index (χ3n) is 4.12. The number of carbonyl (C=O) groups is 2. The molecule has 8 heteroatoms. The van der Waals surface area contributed by atoms with Gasteiger partial charge in [-0.3, -0.25) is 9.59 Å². The summed E-state index contributed by atoms with van der Waals surface area (Å²) in [5.41, 5.74) is 1.78. The van der Waals surface area contributed by atoms with E-state index in [1.54, 1.807) is 30.3 Å². The van der Waals surface area contributed by atoms with E-state index in [-0.39, 0.29) is 17.9 Å². The summed E-state index contributed by atoms with van der Waals surface area (Å²) in [7, 11) is 0. The zero-order chi connectivity index (χ0) is 18.1. The maximum absolute atomic E-state index is 12.4. The number of anilines is 1. The van der Waals surface area contributed by atoms with E-state index >= 15 is 0 Å². The van der Waals surface area contributed by atoms with E-state index in [1.165, 1.54) is 11.3 Å². The van der Waals surface area contributed by atoms with Crippen LogP contribution in [0.1, 0.15) is 34.5 Å². The third kappa shape index (κ3) is 3.89. The highest BCUT2D eigenvalue weighted by Crippen LogP contribution is 2.27. The van der Waals surface area contributed by atoms with E-state index in [0.29, 0.717) is 27.7 Å². The Morgan fingerprint density at radius 1 is 1.23 bits per heavy atom. The topological polar surface area (TPSA) is 79.8 Å². The highest BCUT2D eigenvalue weighted by molar-refractivity contribution is 7.18. The molecule has 26 heavy (non-hydrogen) atoms. The summed E-state index contributed by atoms with van der Waals surface area (Å²) in [6.07, 6.45) is 1.73. The van der Waals surface area contributed by atoms with Crippen LogP contribution in [0.3, 0.4) is 0 Å². The van der Waals surface area contributed by atoms with E-state index in [9.17, 15) is 9.59 Å². The van der Waals surface area contributed by atoms with Crippen molar-refractivity contribution in [1.82, 2.24) is 5.32 Å². The van der Waals surface area contributed by atoms with Crippen LogP contribution in [0.2, 0.25) is 4.34 Å². The molecule has 1 atom stereocenters. The lowest BCUT2D eigenvalue weighted by Gasteiger charge is -2.10. The van der Waals surface area contributed by atoms with Crippen molar-refractivity contribution < 1.29 is 14.4 Å². The quantitative estimate of drug-likeness (QED) is 0.822. The molecule has 2 aromatic rings. The molecule has 1 aliphatic heterocycles. The average molecular weight is 390 g/mol. The minimum absolute atomic E-state index is 0.124. The zero-order valence-corrected chi connectivity index (χ0v) is 15.3. The molecular weight excluding hydrogens is 374 g/mol. The molecule has 0 saturated heterocycles. The Kier molecular flexibility index (Phi) is 4.65. The van der Waals surface area contributed by atoms with Crippen LogP contribution in [-0.4, -0.2) is 29.7 Å². The monoisotopic (exact) mass is 389 g/mol. The Balaban J connectivity index is 1.37. The number of benzene rings is 1. The summed E-state index contributed by atoms with van der Waals surface area (Å²) in [5, 5.41) is 9.71. The first-order valence-corrected chi connectivity index (χ1v) is 9.48. The zero-order valence-electron chi connectivity index (χ0n) is 13.7. The minimum atomic E-state index is -0.699. The van der Waals surface area contributed by atoms with Crippen LogP contribution in [0.4, 0.5) is 5.69 Å². The van der Waals surface area contributed by atoms with E-state index in [4.69, 9.17) is 16.4 Å². The smallest absolute Gasteiger partial charge is 0.268 e. The van der Waals surface area contributed by atoms with Crippen LogP contribution < -0.4 is 10.6 Å². The van der Waals surface area contributed by atoms with Crippen LogP contribution in [0, 0.1) is 0 Å². The van der Waals surface area contributed by atoms with Gasteiger partial charge < -0.3 is 15.5 Å². The SMILES string of the molecule is O=C(NC1CC1)c1cccc(NC(=O)[C@@H]2CC(c3ccc(Cl)s3)=NO2)c1. The summed E-state index contributed by atoms with van der Waals surface area (Å²) < 4.78 is 0.664. The van der Waals surface area contributed by atoms with Gasteiger partial charge in [-0.15, -0.1) is 11.3 Å². The van der Waals surface area contributed by atoms with Gasteiger partial charge in [-0.25, -0.2) is 0 Å². The van der Waals surface area contributed by atoms with Gasteiger partial charge in [0.1, 0.15) is 5.71 Å². The normalized spacial score (nSPS) is 18.8. The van der Waals surface area contributed by atoms with E-state index in [2.05, 4.69) is 15.8 Å². The predicted octanol–water partition coefficient (Wildman–Crippen LogP) is 3.43. The summed E-state index contributed by atoms with van der Waals surface area (Å²) in [6, 6.07) is 10.8. The van der Waals surface area contributed by atoms with Crippen LogP contribution >= 0.6 is 22.9 Å². The molecule has 0 radical (unpaired) electrons. The van der Waals surface area contributed by atoms with Crippen LogP contribution in [0.5, 0.6) is 0 Å². The molecular formula is C18H16ClN3O3S. The van der Waals surface area contributed by atoms with Crippen molar-refractivity contribution >= 4 is 46.2 Å². The van der Waals surface area contributed by atoms with Crippen molar-refractivity contribution in [3.63, 3.8) is 0 Å². The molecule has 2 amide bonds. The van der Waals surface area contributed by atoms with Gasteiger partial charge in [0.15, 0.2) is 0 Å². The van der Waals surface area contributed by atoms with Gasteiger partial charge in [-0.2, -0.15) is 0 Å². The maximum atomic E-state index is 12.4. The molecule has 1 fully saturated rings. The second-order valence-electron chi connectivity index (χ2n) is 6.26. The van der Waals surface area contributed by atoms with Crippen LogP contribution in [0.15, 0.2) is 41.6 Å². The molecule has 1 aromatic carbocycles. The van der Waals surface area contributed by atoms with Gasteiger partial charge in [-0.05, 0) is 43.2 Å². The lowest BCUT2D eigenvalue weighted by molar-refractivity contribution is -0.125. The fourth-order valence-corrected chi connectivity index (χ4v) is 3.62. The molecule has 0 unspecified atom stereocenters. The van der Waals surface area contributed by atoms with Gasteiger partial charge in [0.2, 0.25) is 6.10 Å².